The summed E-state index contributed by atoms with van der Waals surface area (Å²) in [6.07, 6.45) is 0. The van der Waals surface area contributed by atoms with E-state index in [4.69, 9.17) is 9.97 Å². The maximum Gasteiger partial charge on any atom is 0.160 e. The third-order valence-corrected chi connectivity index (χ3v) is 12.4. The predicted molar refractivity (Wildman–Crippen MR) is 264 cm³/mol. The van der Waals surface area contributed by atoms with Gasteiger partial charge in [0.15, 0.2) is 5.82 Å². The fourth-order valence-electron chi connectivity index (χ4n) is 9.29. The van der Waals surface area contributed by atoms with Crippen LogP contribution in [0.4, 0.5) is 0 Å². The highest BCUT2D eigenvalue weighted by Gasteiger charge is 2.17. The molecule has 0 spiro atoms. The van der Waals surface area contributed by atoms with Gasteiger partial charge in [-0.2, -0.15) is 0 Å². The monoisotopic (exact) mass is 801 g/mol. The van der Waals surface area contributed by atoms with Gasteiger partial charge in [-0.1, -0.05) is 194 Å². The van der Waals surface area contributed by atoms with Gasteiger partial charge in [-0.25, -0.2) is 9.97 Å². The average Bonchev–Trinajstić information content (AvgIpc) is 3.69. The Bertz CT molecular complexity index is 3440. The van der Waals surface area contributed by atoms with Gasteiger partial charge in [-0.15, -0.1) is 0 Å². The zero-order valence-electron chi connectivity index (χ0n) is 34.4. The maximum absolute atomic E-state index is 5.25. The fourth-order valence-corrected chi connectivity index (χ4v) is 9.29. The fraction of sp³-hybridized carbons (Fsp3) is 0. The van der Waals surface area contributed by atoms with E-state index in [1.54, 1.807) is 0 Å². The van der Waals surface area contributed by atoms with Crippen LogP contribution >= 0.6 is 0 Å². The van der Waals surface area contributed by atoms with Crippen molar-refractivity contribution >= 4 is 43.4 Å². The van der Waals surface area contributed by atoms with E-state index in [1.165, 1.54) is 65.6 Å². The second-order valence-electron chi connectivity index (χ2n) is 16.2. The lowest BCUT2D eigenvalue weighted by atomic mass is 9.98. The number of nitrogens with zero attached hydrogens (tertiary/aromatic N) is 3. The highest BCUT2D eigenvalue weighted by molar-refractivity contribution is 6.11. The van der Waals surface area contributed by atoms with Crippen molar-refractivity contribution in [2.24, 2.45) is 0 Å². The van der Waals surface area contributed by atoms with Gasteiger partial charge in [-0.3, -0.25) is 0 Å². The van der Waals surface area contributed by atoms with Gasteiger partial charge in [0.05, 0.1) is 22.4 Å². The Hall–Kier alpha value is -8.40. The molecule has 0 aliphatic heterocycles. The largest absolute Gasteiger partial charge is 0.309 e. The van der Waals surface area contributed by atoms with Crippen molar-refractivity contribution in [2.45, 2.75) is 0 Å². The molecule has 0 saturated carbocycles. The Morgan fingerprint density at radius 3 is 1.17 bits per heavy atom. The third-order valence-electron chi connectivity index (χ3n) is 12.4. The van der Waals surface area contributed by atoms with E-state index in [0.29, 0.717) is 5.82 Å². The smallest absolute Gasteiger partial charge is 0.160 e. The summed E-state index contributed by atoms with van der Waals surface area (Å²) in [7, 11) is 0. The van der Waals surface area contributed by atoms with Gasteiger partial charge in [0.1, 0.15) is 0 Å². The molecule has 2 heterocycles. The summed E-state index contributed by atoms with van der Waals surface area (Å²) in [6.45, 7) is 0. The molecule has 0 radical (unpaired) electrons. The zero-order valence-corrected chi connectivity index (χ0v) is 34.4. The van der Waals surface area contributed by atoms with Crippen molar-refractivity contribution in [1.82, 2.24) is 14.5 Å². The number of aromatic nitrogens is 3. The minimum Gasteiger partial charge on any atom is -0.309 e. The van der Waals surface area contributed by atoms with Crippen LogP contribution in [0.1, 0.15) is 0 Å². The summed E-state index contributed by atoms with van der Waals surface area (Å²) in [4.78, 5) is 10.5. The van der Waals surface area contributed by atoms with Crippen LogP contribution in [-0.2, 0) is 0 Å². The first-order valence-corrected chi connectivity index (χ1v) is 21.5. The van der Waals surface area contributed by atoms with E-state index in [1.807, 2.05) is 0 Å². The minimum absolute atomic E-state index is 0.697. The number of hydrogen-bond acceptors (Lipinski definition) is 2. The van der Waals surface area contributed by atoms with Crippen LogP contribution in [0.5, 0.6) is 0 Å². The van der Waals surface area contributed by atoms with E-state index in [-0.39, 0.29) is 0 Å². The van der Waals surface area contributed by atoms with Gasteiger partial charge in [0, 0.05) is 33.2 Å². The quantitative estimate of drug-likeness (QED) is 0.161. The van der Waals surface area contributed by atoms with Crippen LogP contribution in [0.3, 0.4) is 0 Å². The molecule has 0 aliphatic rings. The lowest BCUT2D eigenvalue weighted by molar-refractivity contribution is 1.18. The first-order valence-electron chi connectivity index (χ1n) is 21.5. The molecule has 2 aromatic heterocycles. The number of hydrogen-bond donors (Lipinski definition) is 0. The molecule has 294 valence electrons. The molecule has 12 aromatic rings. The second-order valence-corrected chi connectivity index (χ2v) is 16.2. The van der Waals surface area contributed by atoms with E-state index >= 15 is 0 Å². The van der Waals surface area contributed by atoms with Crippen molar-refractivity contribution in [3.05, 3.63) is 237 Å². The van der Waals surface area contributed by atoms with Gasteiger partial charge >= 0.3 is 0 Å². The first kappa shape index (κ1) is 36.5. The van der Waals surface area contributed by atoms with Crippen LogP contribution in [0.15, 0.2) is 237 Å². The summed E-state index contributed by atoms with van der Waals surface area (Å²) < 4.78 is 2.40. The maximum atomic E-state index is 5.25. The zero-order chi connectivity index (χ0) is 41.7. The van der Waals surface area contributed by atoms with Gasteiger partial charge in [-0.05, 0) is 97.4 Å². The molecule has 0 saturated heterocycles. The molecule has 0 N–H and O–H groups in total. The Labute approximate surface area is 365 Å². The molecule has 0 atom stereocenters. The first-order chi connectivity index (χ1) is 31.2. The van der Waals surface area contributed by atoms with Crippen LogP contribution in [-0.4, -0.2) is 14.5 Å². The summed E-state index contributed by atoms with van der Waals surface area (Å²) in [5.74, 6) is 0.697. The Kier molecular flexibility index (Phi) is 8.83. The Balaban J connectivity index is 0.927. The molecule has 0 bridgehead atoms. The average molecular weight is 802 g/mol. The second kappa shape index (κ2) is 15.3. The molecule has 63 heavy (non-hydrogen) atoms. The number of rotatable bonds is 7. The normalized spacial score (nSPS) is 11.5. The molecule has 0 amide bonds. The van der Waals surface area contributed by atoms with Crippen molar-refractivity contribution in [3.8, 4) is 73.0 Å². The highest BCUT2D eigenvalue weighted by atomic mass is 15.0. The molecule has 12 rings (SSSR count). The van der Waals surface area contributed by atoms with Crippen molar-refractivity contribution < 1.29 is 0 Å². The molecule has 0 unspecified atom stereocenters. The lowest BCUT2D eigenvalue weighted by Crippen LogP contribution is -1.97. The van der Waals surface area contributed by atoms with Gasteiger partial charge in [0.2, 0.25) is 0 Å². The lowest BCUT2D eigenvalue weighted by Gasteiger charge is -2.13. The Morgan fingerprint density at radius 2 is 0.667 bits per heavy atom. The van der Waals surface area contributed by atoms with Gasteiger partial charge < -0.3 is 4.57 Å². The predicted octanol–water partition coefficient (Wildman–Crippen LogP) is 15.9. The van der Waals surface area contributed by atoms with Crippen LogP contribution in [0, 0.1) is 0 Å². The van der Waals surface area contributed by atoms with E-state index in [2.05, 4.69) is 241 Å². The SMILES string of the molecule is c1ccc(-c2ccc3c(c2)c2cc(-c4ccccc4)ccc2n3-c2ccc(-c3ccc(-c4nc(-c5cccc6ccccc56)cc(-c5cccc6ccccc56)n4)cc3)cc2)cc1. The molecule has 0 fully saturated rings. The summed E-state index contributed by atoms with van der Waals surface area (Å²) in [5.41, 5.74) is 15.5. The molecule has 0 aliphatic carbocycles. The van der Waals surface area contributed by atoms with E-state index in [0.717, 1.165) is 44.9 Å². The topological polar surface area (TPSA) is 30.7 Å². The molecular formula is C60H39N3. The van der Waals surface area contributed by atoms with E-state index in [9.17, 15) is 0 Å². The molecule has 10 aromatic carbocycles. The van der Waals surface area contributed by atoms with Crippen LogP contribution in [0.2, 0.25) is 0 Å². The van der Waals surface area contributed by atoms with Crippen molar-refractivity contribution in [2.75, 3.05) is 0 Å². The summed E-state index contributed by atoms with van der Waals surface area (Å²) >= 11 is 0. The summed E-state index contributed by atoms with van der Waals surface area (Å²) in [6, 6.07) is 84.7. The third kappa shape index (κ3) is 6.55. The molecule has 3 heteroatoms. The van der Waals surface area contributed by atoms with Crippen LogP contribution < -0.4 is 0 Å². The standard InChI is InChI=1S/C60H39N3/c1-3-13-40(14-4-1)47-31-35-58-54(37-47)55-38-48(41-15-5-2-6-16-41)32-36-59(55)63(58)49-33-29-43(30-34-49)42-25-27-46(28-26-42)60-61-56(52-23-11-19-44-17-7-9-21-50(44)52)39-57(62-60)53-24-12-20-45-18-8-10-22-51(45)53/h1-39H. The highest BCUT2D eigenvalue weighted by Crippen LogP contribution is 2.39. The molecule has 3 nitrogen and oxygen atoms in total. The van der Waals surface area contributed by atoms with Crippen molar-refractivity contribution in [1.29, 1.82) is 0 Å². The Morgan fingerprint density at radius 1 is 0.270 bits per heavy atom. The summed E-state index contributed by atoms with van der Waals surface area (Å²) in [5, 5.41) is 7.18. The minimum atomic E-state index is 0.697. The van der Waals surface area contributed by atoms with E-state index < -0.39 is 0 Å². The number of fused-ring (bicyclic) bond motifs is 5. The number of benzene rings is 10. The van der Waals surface area contributed by atoms with Crippen LogP contribution in [0.25, 0.3) is 116 Å². The van der Waals surface area contributed by atoms with Crippen molar-refractivity contribution in [3.63, 3.8) is 0 Å². The molecular weight excluding hydrogens is 763 g/mol. The van der Waals surface area contributed by atoms with Gasteiger partial charge in [0.25, 0.3) is 0 Å².